The Morgan fingerprint density at radius 1 is 1.50 bits per heavy atom. The lowest BCUT2D eigenvalue weighted by atomic mass is 10.0. The summed E-state index contributed by atoms with van der Waals surface area (Å²) in [6.07, 6.45) is 4.73. The summed E-state index contributed by atoms with van der Waals surface area (Å²) < 4.78 is 4.87. The maximum atomic E-state index is 12.2. The van der Waals surface area contributed by atoms with Crippen molar-refractivity contribution in [2.24, 2.45) is 0 Å². The molecular formula is C14H11N2O4. The van der Waals surface area contributed by atoms with Gasteiger partial charge in [-0.15, -0.1) is 0 Å². The molecule has 0 aliphatic heterocycles. The molecule has 1 N–H and O–H groups in total. The van der Waals surface area contributed by atoms with E-state index in [2.05, 4.69) is 9.97 Å². The highest BCUT2D eigenvalue weighted by Crippen LogP contribution is 2.23. The van der Waals surface area contributed by atoms with Gasteiger partial charge in [0.2, 0.25) is 18.0 Å². The van der Waals surface area contributed by atoms with Crippen LogP contribution < -0.4 is 4.74 Å². The summed E-state index contributed by atoms with van der Waals surface area (Å²) >= 11 is 0. The summed E-state index contributed by atoms with van der Waals surface area (Å²) in [5, 5.41) is 9.60. The second-order valence-corrected chi connectivity index (χ2v) is 3.97. The van der Waals surface area contributed by atoms with Crippen LogP contribution in [-0.4, -0.2) is 34.3 Å². The Bertz CT molecular complexity index is 641. The number of ether oxygens (including phenoxy) is 1. The monoisotopic (exact) mass is 271 g/mol. The lowest BCUT2D eigenvalue weighted by Crippen LogP contribution is -2.09. The minimum Gasteiger partial charge on any atom is -0.493 e. The number of carbonyl (C=O) groups excluding carboxylic acids is 2. The van der Waals surface area contributed by atoms with Gasteiger partial charge in [-0.2, -0.15) is 4.98 Å². The summed E-state index contributed by atoms with van der Waals surface area (Å²) in [4.78, 5) is 30.6. The molecule has 0 spiro atoms. The molecule has 2 aromatic heterocycles. The van der Waals surface area contributed by atoms with Gasteiger partial charge in [-0.25, -0.2) is 0 Å². The molecule has 0 bridgehead atoms. The summed E-state index contributed by atoms with van der Waals surface area (Å²) in [5.74, 6) is -0.878. The second-order valence-electron chi connectivity index (χ2n) is 3.97. The summed E-state index contributed by atoms with van der Waals surface area (Å²) in [6, 6.07) is 4.76. The third-order valence-corrected chi connectivity index (χ3v) is 2.68. The molecule has 0 aliphatic rings. The number of methoxy groups -OCH3 is 1. The zero-order chi connectivity index (χ0) is 14.5. The van der Waals surface area contributed by atoms with Crippen molar-refractivity contribution in [2.45, 2.75) is 6.42 Å². The third-order valence-electron chi connectivity index (χ3n) is 2.68. The van der Waals surface area contributed by atoms with Gasteiger partial charge < -0.3 is 9.84 Å². The molecule has 0 atom stereocenters. The van der Waals surface area contributed by atoms with Crippen LogP contribution in [0.1, 0.15) is 21.5 Å². The van der Waals surface area contributed by atoms with E-state index in [4.69, 9.17) is 4.74 Å². The fourth-order valence-corrected chi connectivity index (χ4v) is 1.72. The van der Waals surface area contributed by atoms with Gasteiger partial charge in [0.1, 0.15) is 0 Å². The predicted octanol–water partition coefficient (Wildman–Crippen LogP) is 1.07. The molecule has 2 heterocycles. The van der Waals surface area contributed by atoms with Gasteiger partial charge >= 0.3 is 0 Å². The van der Waals surface area contributed by atoms with Gasteiger partial charge in [-0.3, -0.25) is 14.6 Å². The van der Waals surface area contributed by atoms with Crippen LogP contribution in [0.3, 0.4) is 0 Å². The minimum atomic E-state index is -0.575. The van der Waals surface area contributed by atoms with Crippen LogP contribution in [-0.2, 0) is 11.2 Å². The molecule has 2 rings (SSSR count). The second kappa shape index (κ2) is 5.92. The normalized spacial score (nSPS) is 10.1. The molecule has 0 amide bonds. The van der Waals surface area contributed by atoms with Crippen LogP contribution in [0.25, 0.3) is 0 Å². The fourth-order valence-electron chi connectivity index (χ4n) is 1.72. The first kappa shape index (κ1) is 13.7. The maximum Gasteiger partial charge on any atom is 0.239 e. The zero-order valence-corrected chi connectivity index (χ0v) is 10.7. The number of ketones is 1. The van der Waals surface area contributed by atoms with Gasteiger partial charge in [-0.05, 0) is 11.6 Å². The van der Waals surface area contributed by atoms with Gasteiger partial charge in [0, 0.05) is 30.4 Å². The molecule has 101 valence electrons. The number of rotatable bonds is 5. The highest BCUT2D eigenvalue weighted by molar-refractivity contribution is 6.05. The van der Waals surface area contributed by atoms with E-state index in [0.717, 1.165) is 0 Å². The summed E-state index contributed by atoms with van der Waals surface area (Å²) in [7, 11) is 1.35. The van der Waals surface area contributed by atoms with Gasteiger partial charge in [-0.1, -0.05) is 6.07 Å². The van der Waals surface area contributed by atoms with Crippen molar-refractivity contribution in [1.82, 2.24) is 9.97 Å². The van der Waals surface area contributed by atoms with Crippen LogP contribution in [0.15, 0.2) is 30.6 Å². The number of hydrogen-bond donors (Lipinski definition) is 1. The number of aromatic hydroxyl groups is 1. The smallest absolute Gasteiger partial charge is 0.239 e. The Balaban J connectivity index is 2.38. The molecule has 1 radical (unpaired) electrons. The van der Waals surface area contributed by atoms with Crippen LogP contribution in [0, 0.1) is 0 Å². The average molecular weight is 271 g/mol. The summed E-state index contributed by atoms with van der Waals surface area (Å²) in [6.45, 7) is 0. The van der Waals surface area contributed by atoms with E-state index in [1.807, 2.05) is 0 Å². The molecule has 0 aromatic carbocycles. The van der Waals surface area contributed by atoms with E-state index in [9.17, 15) is 14.7 Å². The summed E-state index contributed by atoms with van der Waals surface area (Å²) in [5.41, 5.74) is 0.456. The number of carbonyl (C=O) groups is 1. The maximum absolute atomic E-state index is 12.2. The molecule has 0 aliphatic carbocycles. The van der Waals surface area contributed by atoms with E-state index in [-0.39, 0.29) is 29.2 Å². The molecular weight excluding hydrogens is 260 g/mol. The Morgan fingerprint density at radius 3 is 2.90 bits per heavy atom. The topological polar surface area (TPSA) is 89.4 Å². The largest absolute Gasteiger partial charge is 0.493 e. The van der Waals surface area contributed by atoms with E-state index >= 15 is 0 Å². The SMILES string of the molecule is COc1cc(C(=O)Cc2cccnc2)c([C]=O)c(O)n1. The van der Waals surface area contributed by atoms with E-state index in [0.29, 0.717) is 5.56 Å². The Labute approximate surface area is 115 Å². The average Bonchev–Trinajstić information content (AvgIpc) is 2.47. The zero-order valence-electron chi connectivity index (χ0n) is 10.7. The minimum absolute atomic E-state index is 0.0215. The first-order valence-electron chi connectivity index (χ1n) is 5.74. The molecule has 0 fully saturated rings. The Morgan fingerprint density at radius 2 is 2.30 bits per heavy atom. The Kier molecular flexibility index (Phi) is 4.05. The van der Waals surface area contributed by atoms with Crippen molar-refractivity contribution >= 4 is 12.1 Å². The third kappa shape index (κ3) is 2.80. The van der Waals surface area contributed by atoms with E-state index < -0.39 is 5.88 Å². The van der Waals surface area contributed by atoms with E-state index in [1.54, 1.807) is 24.5 Å². The van der Waals surface area contributed by atoms with Gasteiger partial charge in [0.05, 0.1) is 12.7 Å². The number of Topliss-reactive ketones (excluding diaryl/α,β-unsaturated/α-hetero) is 1. The van der Waals surface area contributed by atoms with Crippen molar-refractivity contribution < 1.29 is 19.4 Å². The van der Waals surface area contributed by atoms with Crippen LogP contribution in [0.5, 0.6) is 11.8 Å². The lowest BCUT2D eigenvalue weighted by molar-refractivity contribution is 0.0991. The van der Waals surface area contributed by atoms with Crippen molar-refractivity contribution in [1.29, 1.82) is 0 Å². The highest BCUT2D eigenvalue weighted by Gasteiger charge is 2.19. The quantitative estimate of drug-likeness (QED) is 0.818. The number of aromatic nitrogens is 2. The molecule has 6 nitrogen and oxygen atoms in total. The fraction of sp³-hybridized carbons (Fsp3) is 0.143. The first-order valence-corrected chi connectivity index (χ1v) is 5.74. The molecule has 0 saturated carbocycles. The van der Waals surface area contributed by atoms with Crippen LogP contribution in [0.4, 0.5) is 0 Å². The van der Waals surface area contributed by atoms with Crippen molar-refractivity contribution in [3.05, 3.63) is 47.3 Å². The van der Waals surface area contributed by atoms with Gasteiger partial charge in [0.15, 0.2) is 5.78 Å². The van der Waals surface area contributed by atoms with Crippen LogP contribution in [0.2, 0.25) is 0 Å². The number of pyridine rings is 2. The standard InChI is InChI=1S/C14H11N2O4/c1-20-13-6-10(11(8-17)14(19)16-13)12(18)5-9-3-2-4-15-7-9/h2-4,6-7H,5H2,1H3,(H,16,19). The molecule has 2 aromatic rings. The highest BCUT2D eigenvalue weighted by atomic mass is 16.5. The van der Waals surface area contributed by atoms with E-state index in [1.165, 1.54) is 19.5 Å². The molecule has 6 heteroatoms. The lowest BCUT2D eigenvalue weighted by Gasteiger charge is -2.07. The van der Waals surface area contributed by atoms with Crippen LogP contribution >= 0.6 is 0 Å². The van der Waals surface area contributed by atoms with Crippen molar-refractivity contribution in [3.63, 3.8) is 0 Å². The number of nitrogens with zero attached hydrogens (tertiary/aromatic N) is 2. The number of hydrogen-bond acceptors (Lipinski definition) is 6. The molecule has 0 unspecified atom stereocenters. The first-order chi connectivity index (χ1) is 9.65. The van der Waals surface area contributed by atoms with Crippen molar-refractivity contribution in [2.75, 3.05) is 7.11 Å². The van der Waals surface area contributed by atoms with Gasteiger partial charge in [0.25, 0.3) is 0 Å². The molecule has 20 heavy (non-hydrogen) atoms. The predicted molar refractivity (Wildman–Crippen MR) is 69.5 cm³/mol. The Hall–Kier alpha value is -2.76. The van der Waals surface area contributed by atoms with Crippen molar-refractivity contribution in [3.8, 4) is 11.8 Å². The molecule has 0 saturated heterocycles.